The van der Waals surface area contributed by atoms with Crippen molar-refractivity contribution < 1.29 is 14.0 Å². The van der Waals surface area contributed by atoms with E-state index < -0.39 is 17.2 Å². The van der Waals surface area contributed by atoms with Crippen molar-refractivity contribution >= 4 is 34.3 Å². The maximum absolute atomic E-state index is 13.3. The zero-order valence-electron chi connectivity index (χ0n) is 8.28. The Morgan fingerprint density at radius 1 is 1.50 bits per heavy atom. The molecule has 0 N–H and O–H groups in total. The maximum Gasteiger partial charge on any atom is 0.332 e. The van der Waals surface area contributed by atoms with Crippen LogP contribution in [-0.2, 0) is 9.63 Å². The van der Waals surface area contributed by atoms with Crippen molar-refractivity contribution in [2.24, 2.45) is 5.16 Å². The highest BCUT2D eigenvalue weighted by molar-refractivity contribution is 6.70. The van der Waals surface area contributed by atoms with Crippen LogP contribution in [0.15, 0.2) is 29.4 Å². The second kappa shape index (κ2) is 5.82. The van der Waals surface area contributed by atoms with E-state index in [1.165, 1.54) is 25.1 Å². The lowest BCUT2D eigenvalue weighted by atomic mass is 10.1. The van der Waals surface area contributed by atoms with Crippen molar-refractivity contribution in [2.75, 3.05) is 0 Å². The first-order valence-electron chi connectivity index (χ1n) is 4.32. The predicted molar refractivity (Wildman–Crippen MR) is 60.0 cm³/mol. The second-order valence-electron chi connectivity index (χ2n) is 2.88. The Balaban J connectivity index is 2.86. The van der Waals surface area contributed by atoms with E-state index in [1.807, 2.05) is 0 Å². The van der Waals surface area contributed by atoms with Gasteiger partial charge >= 0.3 is 5.97 Å². The van der Waals surface area contributed by atoms with Crippen LogP contribution in [0.5, 0.6) is 0 Å². The number of alkyl halides is 1. The zero-order valence-corrected chi connectivity index (χ0v) is 9.80. The molecule has 0 aliphatic heterocycles. The molecule has 3 nitrogen and oxygen atoms in total. The molecule has 0 heterocycles. The van der Waals surface area contributed by atoms with Gasteiger partial charge in [0.2, 0.25) is 0 Å². The van der Waals surface area contributed by atoms with Gasteiger partial charge in [0.1, 0.15) is 11.2 Å². The first-order chi connectivity index (χ1) is 7.52. The molecule has 0 amide bonds. The molecule has 0 aromatic heterocycles. The summed E-state index contributed by atoms with van der Waals surface area (Å²) in [5.41, 5.74) is 0.171. The van der Waals surface area contributed by atoms with Crippen molar-refractivity contribution in [3.8, 4) is 0 Å². The number of hydrogen-bond donors (Lipinski definition) is 0. The quantitative estimate of drug-likeness (QED) is 0.364. The SMILES string of the molecule is CC(=O)O/N=C(\Cl)C(Cl)c1ccccc1F. The number of oxime groups is 1. The summed E-state index contributed by atoms with van der Waals surface area (Å²) in [6.45, 7) is 1.17. The third-order valence-corrected chi connectivity index (χ3v) is 2.49. The smallest absolute Gasteiger partial charge is 0.317 e. The lowest BCUT2D eigenvalue weighted by Crippen LogP contribution is -2.04. The number of carbonyl (C=O) groups is 1. The zero-order chi connectivity index (χ0) is 12.1. The molecule has 0 spiro atoms. The fraction of sp³-hybridized carbons (Fsp3) is 0.200. The third-order valence-electron chi connectivity index (χ3n) is 1.65. The summed E-state index contributed by atoms with van der Waals surface area (Å²) < 4.78 is 13.3. The molecule has 0 aliphatic carbocycles. The van der Waals surface area contributed by atoms with Gasteiger partial charge in [-0.2, -0.15) is 0 Å². The van der Waals surface area contributed by atoms with Gasteiger partial charge in [0, 0.05) is 12.5 Å². The molecule has 6 heteroatoms. The number of hydrogen-bond acceptors (Lipinski definition) is 3. The van der Waals surface area contributed by atoms with E-state index in [0.717, 1.165) is 0 Å². The van der Waals surface area contributed by atoms with Gasteiger partial charge < -0.3 is 4.84 Å². The van der Waals surface area contributed by atoms with Crippen molar-refractivity contribution in [1.82, 2.24) is 0 Å². The van der Waals surface area contributed by atoms with Gasteiger partial charge in [-0.05, 0) is 6.07 Å². The highest BCUT2D eigenvalue weighted by atomic mass is 35.5. The van der Waals surface area contributed by atoms with Gasteiger partial charge in [-0.1, -0.05) is 35.0 Å². The number of carbonyl (C=O) groups excluding carboxylic acids is 1. The van der Waals surface area contributed by atoms with E-state index >= 15 is 0 Å². The van der Waals surface area contributed by atoms with Crippen LogP contribution in [0.25, 0.3) is 0 Å². The number of nitrogens with zero attached hydrogens (tertiary/aromatic N) is 1. The van der Waals surface area contributed by atoms with Crippen LogP contribution < -0.4 is 0 Å². The van der Waals surface area contributed by atoms with Gasteiger partial charge in [0.05, 0.1) is 0 Å². The summed E-state index contributed by atoms with van der Waals surface area (Å²) in [6, 6.07) is 5.86. The van der Waals surface area contributed by atoms with Gasteiger partial charge in [-0.25, -0.2) is 9.18 Å². The van der Waals surface area contributed by atoms with E-state index in [2.05, 4.69) is 9.99 Å². The van der Waals surface area contributed by atoms with Gasteiger partial charge in [0.25, 0.3) is 0 Å². The van der Waals surface area contributed by atoms with Gasteiger partial charge in [-0.15, -0.1) is 11.6 Å². The molecule has 0 saturated carbocycles. The van der Waals surface area contributed by atoms with E-state index in [9.17, 15) is 9.18 Å². The Labute approximate surface area is 102 Å². The van der Waals surface area contributed by atoms with Gasteiger partial charge in [-0.3, -0.25) is 0 Å². The number of halogens is 3. The first kappa shape index (κ1) is 12.9. The highest BCUT2D eigenvalue weighted by Gasteiger charge is 2.18. The molecule has 1 atom stereocenters. The Morgan fingerprint density at radius 3 is 2.69 bits per heavy atom. The summed E-state index contributed by atoms with van der Waals surface area (Å²) in [5.74, 6) is -1.13. The molecule has 1 rings (SSSR count). The summed E-state index contributed by atoms with van der Waals surface area (Å²) in [6.07, 6.45) is 0. The number of benzene rings is 1. The molecule has 0 radical (unpaired) electrons. The molecule has 0 bridgehead atoms. The Hall–Kier alpha value is -1.13. The molecular weight excluding hydrogens is 256 g/mol. The summed E-state index contributed by atoms with van der Waals surface area (Å²) in [7, 11) is 0. The topological polar surface area (TPSA) is 38.7 Å². The minimum absolute atomic E-state index is 0.171. The predicted octanol–water partition coefficient (Wildman–Crippen LogP) is 3.22. The summed E-state index contributed by atoms with van der Waals surface area (Å²) >= 11 is 11.5. The van der Waals surface area contributed by atoms with Crippen molar-refractivity contribution in [2.45, 2.75) is 12.3 Å². The van der Waals surface area contributed by atoms with Crippen molar-refractivity contribution in [3.63, 3.8) is 0 Å². The molecular formula is C10H8Cl2FNO2. The highest BCUT2D eigenvalue weighted by Crippen LogP contribution is 2.26. The van der Waals surface area contributed by atoms with Crippen LogP contribution in [-0.4, -0.2) is 11.1 Å². The lowest BCUT2D eigenvalue weighted by molar-refractivity contribution is -0.140. The van der Waals surface area contributed by atoms with Crippen molar-refractivity contribution in [1.29, 1.82) is 0 Å². The third kappa shape index (κ3) is 3.47. The molecule has 1 aromatic rings. The largest absolute Gasteiger partial charge is 0.332 e. The minimum atomic E-state index is -0.984. The average Bonchev–Trinajstić information content (AvgIpc) is 2.25. The van der Waals surface area contributed by atoms with Crippen molar-refractivity contribution in [3.05, 3.63) is 35.6 Å². The molecule has 16 heavy (non-hydrogen) atoms. The first-order valence-corrected chi connectivity index (χ1v) is 5.13. The molecule has 0 saturated heterocycles. The van der Waals surface area contributed by atoms with E-state index in [4.69, 9.17) is 23.2 Å². The molecule has 86 valence electrons. The van der Waals surface area contributed by atoms with E-state index in [0.29, 0.717) is 0 Å². The Morgan fingerprint density at radius 2 is 2.12 bits per heavy atom. The molecule has 0 aliphatic rings. The Bertz CT molecular complexity index is 423. The van der Waals surface area contributed by atoms with Crippen LogP contribution in [0.3, 0.4) is 0 Å². The number of rotatable bonds is 3. The fourth-order valence-electron chi connectivity index (χ4n) is 0.963. The molecule has 1 unspecified atom stereocenters. The van der Waals surface area contributed by atoms with Crippen LogP contribution in [0.1, 0.15) is 17.9 Å². The lowest BCUT2D eigenvalue weighted by Gasteiger charge is -2.07. The van der Waals surface area contributed by atoms with Crippen LogP contribution in [0.4, 0.5) is 4.39 Å². The van der Waals surface area contributed by atoms with E-state index in [-0.39, 0.29) is 10.7 Å². The summed E-state index contributed by atoms with van der Waals surface area (Å²) in [4.78, 5) is 14.8. The minimum Gasteiger partial charge on any atom is -0.317 e. The molecule has 0 fully saturated rings. The normalized spacial score (nSPS) is 13.4. The monoisotopic (exact) mass is 263 g/mol. The van der Waals surface area contributed by atoms with Gasteiger partial charge in [0.15, 0.2) is 5.17 Å². The Kier molecular flexibility index (Phi) is 4.71. The second-order valence-corrected chi connectivity index (χ2v) is 3.70. The van der Waals surface area contributed by atoms with E-state index in [1.54, 1.807) is 6.07 Å². The maximum atomic E-state index is 13.3. The average molecular weight is 264 g/mol. The standard InChI is InChI=1S/C10H8Cl2FNO2/c1-6(15)16-14-10(12)9(11)7-4-2-3-5-8(7)13/h2-5,9H,1H3/b14-10-. The summed E-state index contributed by atoms with van der Waals surface area (Å²) in [5, 5.41) is 2.08. The van der Waals surface area contributed by atoms with Crippen LogP contribution in [0, 0.1) is 5.82 Å². The fourth-order valence-corrected chi connectivity index (χ4v) is 1.33. The van der Waals surface area contributed by atoms with Crippen LogP contribution >= 0.6 is 23.2 Å². The van der Waals surface area contributed by atoms with Crippen LogP contribution in [0.2, 0.25) is 0 Å². The molecule has 1 aromatic carbocycles.